The molecule has 1 N–H and O–H groups in total. The van der Waals surface area contributed by atoms with E-state index in [0.29, 0.717) is 6.07 Å². The van der Waals surface area contributed by atoms with Gasteiger partial charge in [-0.3, -0.25) is 4.99 Å². The van der Waals surface area contributed by atoms with Gasteiger partial charge in [-0.05, 0) is 17.3 Å². The molecule has 4 rings (SSSR count). The van der Waals surface area contributed by atoms with Crippen LogP contribution in [-0.4, -0.2) is 44.1 Å². The highest BCUT2D eigenvalue weighted by molar-refractivity contribution is 6.31. The van der Waals surface area contributed by atoms with Crippen molar-refractivity contribution in [1.82, 2.24) is 30.5 Å². The molecule has 0 amide bonds. The fourth-order valence-electron chi connectivity index (χ4n) is 3.13. The second kappa shape index (κ2) is 8.75. The molecule has 0 unspecified atom stereocenters. The van der Waals surface area contributed by atoms with Gasteiger partial charge >= 0.3 is 5.97 Å². The number of pyridine rings is 1. The van der Waals surface area contributed by atoms with Crippen LogP contribution in [0.25, 0.3) is 0 Å². The van der Waals surface area contributed by atoms with E-state index in [-0.39, 0.29) is 39.9 Å². The van der Waals surface area contributed by atoms with Gasteiger partial charge in [0.2, 0.25) is 0 Å². The first-order chi connectivity index (χ1) is 15.4. The quantitative estimate of drug-likeness (QED) is 0.579. The summed E-state index contributed by atoms with van der Waals surface area (Å²) in [6, 6.07) is 3.06. The van der Waals surface area contributed by atoms with E-state index in [4.69, 9.17) is 16.3 Å². The number of esters is 1. The number of amidine groups is 1. The first-order valence-electron chi connectivity index (χ1n) is 9.00. The predicted octanol–water partition coefficient (Wildman–Crippen LogP) is 2.36. The number of methoxy groups -OCH3 is 1. The Hall–Kier alpha value is -3.80. The topological polar surface area (TPSA) is 107 Å². The molecule has 164 valence electrons. The van der Waals surface area contributed by atoms with E-state index in [2.05, 4.69) is 30.7 Å². The van der Waals surface area contributed by atoms with Crippen molar-refractivity contribution >= 4 is 23.4 Å². The number of hydrogen-bond donors (Lipinski definition) is 1. The number of benzene rings is 1. The molecule has 9 nitrogen and oxygen atoms in total. The van der Waals surface area contributed by atoms with Crippen molar-refractivity contribution in [2.45, 2.75) is 12.6 Å². The zero-order valence-corrected chi connectivity index (χ0v) is 17.0. The van der Waals surface area contributed by atoms with Crippen molar-refractivity contribution < 1.29 is 22.7 Å². The van der Waals surface area contributed by atoms with Gasteiger partial charge in [0.1, 0.15) is 29.9 Å². The highest BCUT2D eigenvalue weighted by atomic mass is 35.5. The Balaban J connectivity index is 1.91. The van der Waals surface area contributed by atoms with E-state index in [1.165, 1.54) is 19.5 Å². The lowest BCUT2D eigenvalue weighted by Gasteiger charge is -2.27. The van der Waals surface area contributed by atoms with E-state index < -0.39 is 29.5 Å². The van der Waals surface area contributed by atoms with Crippen LogP contribution in [0.2, 0.25) is 5.02 Å². The van der Waals surface area contributed by atoms with E-state index in [0.717, 1.165) is 23.1 Å². The zero-order chi connectivity index (χ0) is 22.8. The zero-order valence-electron chi connectivity index (χ0n) is 16.3. The third kappa shape index (κ3) is 4.17. The van der Waals surface area contributed by atoms with Crippen molar-refractivity contribution in [3.05, 3.63) is 81.8 Å². The number of hydrogen-bond acceptors (Lipinski definition) is 8. The van der Waals surface area contributed by atoms with Crippen LogP contribution in [0, 0.1) is 17.5 Å². The monoisotopic (exact) mass is 463 g/mol. The first kappa shape index (κ1) is 21.4. The van der Waals surface area contributed by atoms with E-state index in [1.54, 1.807) is 0 Å². The first-order valence-corrected chi connectivity index (χ1v) is 9.38. The fourth-order valence-corrected chi connectivity index (χ4v) is 3.40. The number of halogens is 4. The summed E-state index contributed by atoms with van der Waals surface area (Å²) >= 11 is 6.23. The maximum atomic E-state index is 14.5. The Morgan fingerprint density at radius 1 is 1.25 bits per heavy atom. The highest BCUT2D eigenvalue weighted by Gasteiger charge is 2.34. The van der Waals surface area contributed by atoms with Crippen LogP contribution < -0.4 is 5.32 Å². The summed E-state index contributed by atoms with van der Waals surface area (Å²) in [6.07, 6.45) is 2.01. The van der Waals surface area contributed by atoms with E-state index in [9.17, 15) is 18.0 Å². The average Bonchev–Trinajstić information content (AvgIpc) is 3.26. The third-order valence-electron chi connectivity index (χ3n) is 4.51. The summed E-state index contributed by atoms with van der Waals surface area (Å²) in [7, 11) is 1.17. The molecule has 0 saturated heterocycles. The Bertz CT molecular complexity index is 1250. The van der Waals surface area contributed by atoms with E-state index >= 15 is 0 Å². The van der Waals surface area contributed by atoms with Gasteiger partial charge < -0.3 is 10.1 Å². The summed E-state index contributed by atoms with van der Waals surface area (Å²) in [5, 5.41) is 14.1. The number of tetrazole rings is 1. The standard InChI is InChI=1S/C19H13ClF3N7O2/c1-32-19(31)15-14(7-30-26-8-25-29-30)27-18(17-13(23)5-10(22)6-24-17)28-16(15)11-3-2-9(21)4-12(11)20/h2-6,8,16H,7H2,1H3,(H,27,28)/t16-/m0/s1. The van der Waals surface area contributed by atoms with Gasteiger partial charge in [0, 0.05) is 16.7 Å². The van der Waals surface area contributed by atoms with Crippen LogP contribution in [0.4, 0.5) is 13.2 Å². The smallest absolute Gasteiger partial charge is 0.338 e. The van der Waals surface area contributed by atoms with Crippen LogP contribution in [-0.2, 0) is 16.1 Å². The molecule has 0 aliphatic carbocycles. The van der Waals surface area contributed by atoms with Crippen molar-refractivity contribution in [2.24, 2.45) is 4.99 Å². The average molecular weight is 464 g/mol. The summed E-state index contributed by atoms with van der Waals surface area (Å²) < 4.78 is 46.4. The lowest BCUT2D eigenvalue weighted by molar-refractivity contribution is -0.136. The van der Waals surface area contributed by atoms with Crippen LogP contribution in [0.5, 0.6) is 0 Å². The maximum absolute atomic E-state index is 14.5. The second-order valence-corrected chi connectivity index (χ2v) is 6.91. The third-order valence-corrected chi connectivity index (χ3v) is 4.84. The number of aliphatic imine (C=N–C) groups is 1. The molecule has 3 heterocycles. The minimum atomic E-state index is -1.13. The maximum Gasteiger partial charge on any atom is 0.338 e. The Morgan fingerprint density at radius 2 is 2.06 bits per heavy atom. The number of allylic oxidation sites excluding steroid dienone is 1. The SMILES string of the molecule is COC(=O)C1=C(Cn2ncnn2)NC(c2ncc(F)cc2F)=N[C@H]1c1ccc(F)cc1Cl. The molecule has 3 aromatic rings. The van der Waals surface area contributed by atoms with Crippen molar-refractivity contribution in [2.75, 3.05) is 7.11 Å². The number of nitrogens with zero attached hydrogens (tertiary/aromatic N) is 6. The van der Waals surface area contributed by atoms with Gasteiger partial charge in [0.05, 0.1) is 24.6 Å². The van der Waals surface area contributed by atoms with Crippen LogP contribution in [0.15, 0.2) is 53.1 Å². The number of carbonyl (C=O) groups excluding carboxylic acids is 1. The van der Waals surface area contributed by atoms with Crippen molar-refractivity contribution in [3.63, 3.8) is 0 Å². The van der Waals surface area contributed by atoms with Crippen molar-refractivity contribution in [3.8, 4) is 0 Å². The van der Waals surface area contributed by atoms with Crippen LogP contribution in [0.3, 0.4) is 0 Å². The molecule has 32 heavy (non-hydrogen) atoms. The van der Waals surface area contributed by atoms with Gasteiger partial charge in [-0.2, -0.15) is 4.80 Å². The largest absolute Gasteiger partial charge is 0.466 e. The predicted molar refractivity (Wildman–Crippen MR) is 105 cm³/mol. The molecule has 0 bridgehead atoms. The summed E-state index contributed by atoms with van der Waals surface area (Å²) in [5.41, 5.74) is 0.127. The van der Waals surface area contributed by atoms with Gasteiger partial charge in [0.25, 0.3) is 0 Å². The van der Waals surface area contributed by atoms with Gasteiger partial charge in [-0.15, -0.1) is 10.2 Å². The number of ether oxygens (including phenoxy) is 1. The van der Waals surface area contributed by atoms with Gasteiger partial charge in [-0.25, -0.2) is 22.9 Å². The van der Waals surface area contributed by atoms with Crippen LogP contribution in [0.1, 0.15) is 17.3 Å². The molecule has 0 radical (unpaired) electrons. The molecule has 1 aliphatic heterocycles. The lowest BCUT2D eigenvalue weighted by Crippen LogP contribution is -2.36. The van der Waals surface area contributed by atoms with Crippen LogP contribution >= 0.6 is 11.6 Å². The molecular weight excluding hydrogens is 451 g/mol. The molecule has 13 heteroatoms. The summed E-state index contributed by atoms with van der Waals surface area (Å²) in [6.45, 7) is -0.110. The lowest BCUT2D eigenvalue weighted by atomic mass is 9.95. The molecule has 0 spiro atoms. The normalized spacial score (nSPS) is 15.9. The van der Waals surface area contributed by atoms with Gasteiger partial charge in [0.15, 0.2) is 18.0 Å². The Labute approximate surface area is 183 Å². The molecular formula is C19H13ClF3N7O2. The number of nitrogens with one attached hydrogen (secondary N) is 1. The molecule has 1 atom stereocenters. The summed E-state index contributed by atoms with van der Waals surface area (Å²) in [4.78, 5) is 22.0. The fraction of sp³-hybridized carbons (Fsp3) is 0.158. The second-order valence-electron chi connectivity index (χ2n) is 6.51. The Morgan fingerprint density at radius 3 is 2.72 bits per heavy atom. The van der Waals surface area contributed by atoms with Gasteiger partial charge in [-0.1, -0.05) is 17.7 Å². The molecule has 0 saturated carbocycles. The number of rotatable bonds is 5. The summed E-state index contributed by atoms with van der Waals surface area (Å²) in [5.74, 6) is -3.35. The number of aromatic nitrogens is 5. The van der Waals surface area contributed by atoms with E-state index in [1.807, 2.05) is 0 Å². The molecule has 0 fully saturated rings. The molecule has 1 aliphatic rings. The highest BCUT2D eigenvalue weighted by Crippen LogP contribution is 2.36. The minimum Gasteiger partial charge on any atom is -0.466 e. The number of carbonyl (C=O) groups is 1. The Kier molecular flexibility index (Phi) is 5.86. The minimum absolute atomic E-state index is 0.00424. The molecule has 2 aromatic heterocycles. The van der Waals surface area contributed by atoms with Crippen molar-refractivity contribution in [1.29, 1.82) is 0 Å². The molecule has 1 aromatic carbocycles.